The quantitative estimate of drug-likeness (QED) is 0.841. The summed E-state index contributed by atoms with van der Waals surface area (Å²) >= 11 is 0. The topological polar surface area (TPSA) is 53.4 Å². The van der Waals surface area contributed by atoms with E-state index in [0.29, 0.717) is 31.0 Å². The van der Waals surface area contributed by atoms with E-state index in [1.54, 1.807) is 17.2 Å². The number of β-amino-alcohol motifs (C(OH)–C–C–N with tert-alkyl or cyclic N) is 1. The fourth-order valence-electron chi connectivity index (χ4n) is 2.01. The van der Waals surface area contributed by atoms with Crippen LogP contribution in [0.5, 0.6) is 0 Å². The summed E-state index contributed by atoms with van der Waals surface area (Å²) in [7, 11) is 0. The molecule has 0 radical (unpaired) electrons. The minimum atomic E-state index is -0.370. The molecule has 17 heavy (non-hydrogen) atoms. The number of aromatic nitrogens is 1. The van der Waals surface area contributed by atoms with Crippen LogP contribution >= 0.6 is 0 Å². The van der Waals surface area contributed by atoms with Gasteiger partial charge in [0.2, 0.25) is 0 Å². The number of hydrogen-bond donors (Lipinski definition) is 1. The zero-order chi connectivity index (χ0) is 12.4. The second kappa shape index (κ2) is 4.84. The van der Waals surface area contributed by atoms with Gasteiger partial charge in [0.05, 0.1) is 6.10 Å². The molecule has 0 aromatic carbocycles. The number of rotatable bonds is 2. The standard InChI is InChI=1S/C13H18N2O2/c1-9(2)12-7-10(3-5-14-12)13(17)15-6-4-11(16)8-15/h3,5,7,9,11,16H,4,6,8H2,1-2H3. The molecule has 92 valence electrons. The van der Waals surface area contributed by atoms with Crippen LogP contribution in [-0.4, -0.2) is 40.1 Å². The van der Waals surface area contributed by atoms with Crippen LogP contribution in [-0.2, 0) is 0 Å². The molecule has 1 aliphatic heterocycles. The molecule has 4 nitrogen and oxygen atoms in total. The van der Waals surface area contributed by atoms with Gasteiger partial charge in [-0.1, -0.05) is 13.8 Å². The van der Waals surface area contributed by atoms with Gasteiger partial charge in [0.1, 0.15) is 0 Å². The van der Waals surface area contributed by atoms with Crippen molar-refractivity contribution < 1.29 is 9.90 Å². The second-order valence-electron chi connectivity index (χ2n) is 4.82. The predicted molar refractivity (Wildman–Crippen MR) is 64.9 cm³/mol. The fraction of sp³-hybridized carbons (Fsp3) is 0.538. The molecule has 1 saturated heterocycles. The maximum Gasteiger partial charge on any atom is 0.254 e. The second-order valence-corrected chi connectivity index (χ2v) is 4.82. The third-order valence-corrected chi connectivity index (χ3v) is 3.07. The van der Waals surface area contributed by atoms with E-state index in [4.69, 9.17) is 0 Å². The van der Waals surface area contributed by atoms with Crippen molar-refractivity contribution in [3.05, 3.63) is 29.6 Å². The number of pyridine rings is 1. The van der Waals surface area contributed by atoms with Crippen LogP contribution in [0.4, 0.5) is 0 Å². The lowest BCUT2D eigenvalue weighted by Gasteiger charge is -2.16. The highest BCUT2D eigenvalue weighted by molar-refractivity contribution is 5.94. The molecular formula is C13H18N2O2. The molecular weight excluding hydrogens is 216 g/mol. The number of likely N-dealkylation sites (tertiary alicyclic amines) is 1. The summed E-state index contributed by atoms with van der Waals surface area (Å²) in [5.74, 6) is 0.303. The third kappa shape index (κ3) is 2.64. The summed E-state index contributed by atoms with van der Waals surface area (Å²) in [6, 6.07) is 3.58. The summed E-state index contributed by atoms with van der Waals surface area (Å²) in [4.78, 5) is 18.1. The maximum atomic E-state index is 12.2. The Bertz CT molecular complexity index is 418. The van der Waals surface area contributed by atoms with Crippen LogP contribution < -0.4 is 0 Å². The highest BCUT2D eigenvalue weighted by atomic mass is 16.3. The van der Waals surface area contributed by atoms with E-state index in [1.165, 1.54) is 0 Å². The van der Waals surface area contributed by atoms with Gasteiger partial charge in [-0.3, -0.25) is 9.78 Å². The van der Waals surface area contributed by atoms with Crippen molar-refractivity contribution in [2.24, 2.45) is 0 Å². The summed E-state index contributed by atoms with van der Waals surface area (Å²) in [6.07, 6.45) is 1.98. The molecule has 0 bridgehead atoms. The molecule has 1 aromatic rings. The molecule has 1 aliphatic rings. The SMILES string of the molecule is CC(C)c1cc(C(=O)N2CCC(O)C2)ccn1. The van der Waals surface area contributed by atoms with Gasteiger partial charge < -0.3 is 10.0 Å². The monoisotopic (exact) mass is 234 g/mol. The van der Waals surface area contributed by atoms with Crippen LogP contribution in [0.15, 0.2) is 18.3 Å². The third-order valence-electron chi connectivity index (χ3n) is 3.07. The van der Waals surface area contributed by atoms with Crippen molar-refractivity contribution in [3.8, 4) is 0 Å². The van der Waals surface area contributed by atoms with E-state index in [0.717, 1.165) is 5.69 Å². The zero-order valence-corrected chi connectivity index (χ0v) is 10.3. The molecule has 1 amide bonds. The molecule has 1 fully saturated rings. The number of carbonyl (C=O) groups excluding carboxylic acids is 1. The average Bonchev–Trinajstić information content (AvgIpc) is 2.75. The Morgan fingerprint density at radius 2 is 2.35 bits per heavy atom. The number of amides is 1. The van der Waals surface area contributed by atoms with Crippen LogP contribution in [0.25, 0.3) is 0 Å². The van der Waals surface area contributed by atoms with Crippen molar-refractivity contribution >= 4 is 5.91 Å². The van der Waals surface area contributed by atoms with Gasteiger partial charge in [0.25, 0.3) is 5.91 Å². The lowest BCUT2D eigenvalue weighted by molar-refractivity contribution is 0.0764. The molecule has 0 spiro atoms. The molecule has 4 heteroatoms. The molecule has 2 rings (SSSR count). The number of aliphatic hydroxyl groups excluding tert-OH is 1. The average molecular weight is 234 g/mol. The Morgan fingerprint density at radius 1 is 1.59 bits per heavy atom. The number of carbonyl (C=O) groups is 1. The fourth-order valence-corrected chi connectivity index (χ4v) is 2.01. The van der Waals surface area contributed by atoms with Gasteiger partial charge in [-0.15, -0.1) is 0 Å². The van der Waals surface area contributed by atoms with E-state index < -0.39 is 0 Å². The van der Waals surface area contributed by atoms with Gasteiger partial charge in [0, 0.05) is 30.5 Å². The van der Waals surface area contributed by atoms with E-state index in [-0.39, 0.29) is 12.0 Å². The van der Waals surface area contributed by atoms with Crippen LogP contribution in [0.3, 0.4) is 0 Å². The Hall–Kier alpha value is -1.42. The van der Waals surface area contributed by atoms with Crippen molar-refractivity contribution in [2.45, 2.75) is 32.3 Å². The smallest absolute Gasteiger partial charge is 0.254 e. The minimum absolute atomic E-state index is 0.00847. The van der Waals surface area contributed by atoms with Gasteiger partial charge in [-0.2, -0.15) is 0 Å². The van der Waals surface area contributed by atoms with Crippen molar-refractivity contribution in [1.29, 1.82) is 0 Å². The highest BCUT2D eigenvalue weighted by Crippen LogP contribution is 2.16. The van der Waals surface area contributed by atoms with E-state index in [2.05, 4.69) is 18.8 Å². The van der Waals surface area contributed by atoms with E-state index >= 15 is 0 Å². The lowest BCUT2D eigenvalue weighted by atomic mass is 10.1. The summed E-state index contributed by atoms with van der Waals surface area (Å²) in [5, 5.41) is 9.43. The summed E-state index contributed by atoms with van der Waals surface area (Å²) in [6.45, 7) is 5.18. The van der Waals surface area contributed by atoms with Gasteiger partial charge in [0.15, 0.2) is 0 Å². The van der Waals surface area contributed by atoms with E-state index in [9.17, 15) is 9.90 Å². The van der Waals surface area contributed by atoms with Gasteiger partial charge in [-0.25, -0.2) is 0 Å². The number of nitrogens with zero attached hydrogens (tertiary/aromatic N) is 2. The van der Waals surface area contributed by atoms with Gasteiger partial charge >= 0.3 is 0 Å². The largest absolute Gasteiger partial charge is 0.391 e. The zero-order valence-electron chi connectivity index (χ0n) is 10.3. The Balaban J connectivity index is 2.16. The first kappa shape index (κ1) is 12.0. The Morgan fingerprint density at radius 3 is 2.94 bits per heavy atom. The molecule has 0 aliphatic carbocycles. The molecule has 1 unspecified atom stereocenters. The van der Waals surface area contributed by atoms with Crippen LogP contribution in [0.2, 0.25) is 0 Å². The lowest BCUT2D eigenvalue weighted by Crippen LogP contribution is -2.29. The van der Waals surface area contributed by atoms with Crippen molar-refractivity contribution in [2.75, 3.05) is 13.1 Å². The van der Waals surface area contributed by atoms with Crippen molar-refractivity contribution in [3.63, 3.8) is 0 Å². The van der Waals surface area contributed by atoms with Gasteiger partial charge in [-0.05, 0) is 24.5 Å². The first-order valence-corrected chi connectivity index (χ1v) is 6.01. The molecule has 2 heterocycles. The Kier molecular flexibility index (Phi) is 3.43. The van der Waals surface area contributed by atoms with Crippen molar-refractivity contribution in [1.82, 2.24) is 9.88 Å². The normalized spacial score (nSPS) is 20.0. The highest BCUT2D eigenvalue weighted by Gasteiger charge is 2.25. The van der Waals surface area contributed by atoms with Crippen LogP contribution in [0.1, 0.15) is 42.2 Å². The molecule has 0 saturated carbocycles. The van der Waals surface area contributed by atoms with E-state index in [1.807, 2.05) is 6.07 Å². The first-order chi connectivity index (χ1) is 8.08. The maximum absolute atomic E-state index is 12.2. The number of hydrogen-bond acceptors (Lipinski definition) is 3. The number of aliphatic hydroxyl groups is 1. The molecule has 1 aromatic heterocycles. The molecule has 1 atom stereocenters. The summed E-state index contributed by atoms with van der Waals surface area (Å²) < 4.78 is 0. The molecule has 1 N–H and O–H groups in total. The van der Waals surface area contributed by atoms with Crippen LogP contribution in [0, 0.1) is 0 Å². The minimum Gasteiger partial charge on any atom is -0.391 e. The first-order valence-electron chi connectivity index (χ1n) is 6.01. The summed E-state index contributed by atoms with van der Waals surface area (Å²) in [5.41, 5.74) is 1.59. The Labute approximate surface area is 101 Å². The predicted octanol–water partition coefficient (Wildman–Crippen LogP) is 1.41.